The van der Waals surface area contributed by atoms with Crippen molar-refractivity contribution in [1.82, 2.24) is 24.6 Å². The molecule has 8 heteroatoms. The van der Waals surface area contributed by atoms with Crippen molar-refractivity contribution in [2.75, 3.05) is 7.11 Å². The second-order valence-corrected chi connectivity index (χ2v) is 9.53. The van der Waals surface area contributed by atoms with E-state index in [9.17, 15) is 9.18 Å². The van der Waals surface area contributed by atoms with Gasteiger partial charge in [0.1, 0.15) is 17.4 Å². The molecule has 0 spiro atoms. The van der Waals surface area contributed by atoms with Crippen LogP contribution in [0.2, 0.25) is 0 Å². The number of halogens is 1. The summed E-state index contributed by atoms with van der Waals surface area (Å²) >= 11 is 0. The van der Waals surface area contributed by atoms with Gasteiger partial charge in [-0.05, 0) is 66.6 Å². The molecule has 2 aromatic heterocycles. The van der Waals surface area contributed by atoms with Gasteiger partial charge < -0.3 is 19.5 Å². The number of aryl methyl sites for hydroxylation is 1. The largest absolute Gasteiger partial charge is 0.497 e. The van der Waals surface area contributed by atoms with Crippen molar-refractivity contribution in [2.24, 2.45) is 0 Å². The molecular formula is C31H28FN5O2. The van der Waals surface area contributed by atoms with Crippen LogP contribution in [0.4, 0.5) is 9.18 Å². The molecule has 7 nitrogen and oxygen atoms in total. The summed E-state index contributed by atoms with van der Waals surface area (Å²) in [6, 6.07) is 27.1. The molecule has 0 bridgehead atoms. The normalized spacial score (nSPS) is 14.3. The summed E-state index contributed by atoms with van der Waals surface area (Å²) in [4.78, 5) is 15.7. The molecule has 0 unspecified atom stereocenters. The van der Waals surface area contributed by atoms with Crippen LogP contribution in [0.15, 0.2) is 97.2 Å². The predicted molar refractivity (Wildman–Crippen MR) is 147 cm³/mol. The first kappa shape index (κ1) is 24.5. The number of fused-ring (bicyclic) bond motifs is 3. The lowest BCUT2D eigenvalue weighted by molar-refractivity contribution is 0.180. The Hall–Kier alpha value is -4.85. The van der Waals surface area contributed by atoms with Crippen molar-refractivity contribution >= 4 is 6.03 Å². The van der Waals surface area contributed by atoms with Crippen LogP contribution in [0.25, 0.3) is 11.5 Å². The van der Waals surface area contributed by atoms with Crippen molar-refractivity contribution in [3.63, 3.8) is 0 Å². The fourth-order valence-electron chi connectivity index (χ4n) is 5.24. The van der Waals surface area contributed by atoms with Crippen LogP contribution in [0.3, 0.4) is 0 Å². The third-order valence-corrected chi connectivity index (χ3v) is 7.09. The van der Waals surface area contributed by atoms with Crippen LogP contribution in [0, 0.1) is 12.7 Å². The van der Waals surface area contributed by atoms with Crippen molar-refractivity contribution in [2.45, 2.75) is 26.1 Å². The van der Waals surface area contributed by atoms with E-state index in [-0.39, 0.29) is 11.8 Å². The number of carbonyl (C=O) groups is 1. The van der Waals surface area contributed by atoms with E-state index < -0.39 is 6.04 Å². The number of methoxy groups -OCH3 is 1. The highest BCUT2D eigenvalue weighted by atomic mass is 19.1. The molecule has 1 atom stereocenters. The van der Waals surface area contributed by atoms with Gasteiger partial charge in [-0.15, -0.1) is 0 Å². The van der Waals surface area contributed by atoms with Crippen molar-refractivity contribution in [1.29, 1.82) is 0 Å². The molecular weight excluding hydrogens is 493 g/mol. The summed E-state index contributed by atoms with van der Waals surface area (Å²) in [6.45, 7) is 2.57. The molecule has 0 aliphatic carbocycles. The van der Waals surface area contributed by atoms with Crippen molar-refractivity contribution in [3.05, 3.63) is 131 Å². The number of aromatic nitrogens is 3. The van der Waals surface area contributed by atoms with Crippen LogP contribution in [-0.4, -0.2) is 32.4 Å². The topological polar surface area (TPSA) is 64.3 Å². The van der Waals surface area contributed by atoms with Gasteiger partial charge in [-0.1, -0.05) is 42.5 Å². The van der Waals surface area contributed by atoms with Gasteiger partial charge in [-0.2, -0.15) is 5.10 Å². The van der Waals surface area contributed by atoms with E-state index in [1.165, 1.54) is 12.1 Å². The highest BCUT2D eigenvalue weighted by molar-refractivity contribution is 5.76. The van der Waals surface area contributed by atoms with Gasteiger partial charge in [0, 0.05) is 18.3 Å². The number of carbonyl (C=O) groups excluding carboxylic acids is 1. The predicted octanol–water partition coefficient (Wildman–Crippen LogP) is 5.93. The summed E-state index contributed by atoms with van der Waals surface area (Å²) in [7, 11) is 1.61. The van der Waals surface area contributed by atoms with Crippen LogP contribution in [0.1, 0.15) is 34.1 Å². The van der Waals surface area contributed by atoms with E-state index in [1.807, 2.05) is 90.6 Å². The molecule has 0 saturated carbocycles. The van der Waals surface area contributed by atoms with Gasteiger partial charge in [0.15, 0.2) is 0 Å². The first-order valence-electron chi connectivity index (χ1n) is 12.8. The minimum atomic E-state index is -0.531. The van der Waals surface area contributed by atoms with E-state index in [1.54, 1.807) is 18.1 Å². The Balaban J connectivity index is 1.46. The zero-order chi connectivity index (χ0) is 26.9. The molecule has 5 aromatic rings. The number of hydrogen-bond acceptors (Lipinski definition) is 3. The Labute approximate surface area is 226 Å². The summed E-state index contributed by atoms with van der Waals surface area (Å²) < 4.78 is 23.8. The zero-order valence-corrected chi connectivity index (χ0v) is 21.7. The van der Waals surface area contributed by atoms with Crippen molar-refractivity contribution < 1.29 is 13.9 Å². The molecule has 2 amide bonds. The fourth-order valence-corrected chi connectivity index (χ4v) is 5.24. The van der Waals surface area contributed by atoms with E-state index in [2.05, 4.69) is 9.88 Å². The second kappa shape index (κ2) is 10.1. The maximum absolute atomic E-state index is 14.5. The maximum atomic E-state index is 14.5. The molecule has 1 aliphatic rings. The smallest absolute Gasteiger partial charge is 0.318 e. The van der Waals surface area contributed by atoms with E-state index in [0.29, 0.717) is 18.7 Å². The van der Waals surface area contributed by atoms with Gasteiger partial charge in [-0.3, -0.25) is 0 Å². The minimum absolute atomic E-state index is 0.264. The fraction of sp³-hybridized carbons (Fsp3) is 0.161. The Morgan fingerprint density at radius 2 is 1.85 bits per heavy atom. The molecule has 0 saturated heterocycles. The van der Waals surface area contributed by atoms with E-state index in [4.69, 9.17) is 9.84 Å². The summed E-state index contributed by atoms with van der Waals surface area (Å²) in [5.41, 5.74) is 5.10. The van der Waals surface area contributed by atoms with Gasteiger partial charge in [0.25, 0.3) is 0 Å². The lowest BCUT2D eigenvalue weighted by atomic mass is 10.0. The lowest BCUT2D eigenvalue weighted by Crippen LogP contribution is -2.41. The van der Waals surface area contributed by atoms with Crippen LogP contribution in [0.5, 0.6) is 5.75 Å². The molecule has 6 rings (SSSR count). The minimum Gasteiger partial charge on any atom is -0.497 e. The molecule has 1 N–H and O–H groups in total. The Morgan fingerprint density at radius 3 is 2.64 bits per heavy atom. The van der Waals surface area contributed by atoms with Crippen LogP contribution in [-0.2, 0) is 13.1 Å². The van der Waals surface area contributed by atoms with Gasteiger partial charge in [0.05, 0.1) is 36.8 Å². The molecule has 3 aromatic carbocycles. The average molecular weight is 522 g/mol. The Bertz CT molecular complexity index is 1640. The monoisotopic (exact) mass is 521 g/mol. The van der Waals surface area contributed by atoms with Gasteiger partial charge >= 0.3 is 6.03 Å². The van der Waals surface area contributed by atoms with Crippen LogP contribution < -0.4 is 10.1 Å². The Kier molecular flexibility index (Phi) is 6.36. The number of hydrogen-bond donors (Lipinski definition) is 1. The quantitative estimate of drug-likeness (QED) is 0.312. The first-order valence-corrected chi connectivity index (χ1v) is 12.8. The standard InChI is InChI=1S/C31H28FN5O2/c1-21-27-20-36(31(38)33-19-22-9-6-14-26(17-22)39-2)29(23-10-7-11-24(32)18-23)28-15-8-16-35(28)30(27)37(34-21)25-12-4-3-5-13-25/h3-18,29H,19-20H2,1-2H3,(H,33,38)/t29-/m1/s1. The van der Waals surface area contributed by atoms with E-state index >= 15 is 0 Å². The molecule has 39 heavy (non-hydrogen) atoms. The zero-order valence-electron chi connectivity index (χ0n) is 21.7. The maximum Gasteiger partial charge on any atom is 0.318 e. The number of amides is 2. The van der Waals surface area contributed by atoms with Crippen LogP contribution >= 0.6 is 0 Å². The highest BCUT2D eigenvalue weighted by Gasteiger charge is 2.36. The van der Waals surface area contributed by atoms with Gasteiger partial charge in [-0.25, -0.2) is 13.9 Å². The SMILES string of the molecule is COc1cccc(CNC(=O)N2Cc3c(C)nn(-c4ccccc4)c3-n3cccc3[C@H]2c2cccc(F)c2)c1. The second-order valence-electron chi connectivity index (χ2n) is 9.53. The lowest BCUT2D eigenvalue weighted by Gasteiger charge is -2.31. The number of para-hydroxylation sites is 1. The first-order chi connectivity index (χ1) is 19.0. The number of urea groups is 1. The highest BCUT2D eigenvalue weighted by Crippen LogP contribution is 2.38. The number of benzene rings is 3. The molecule has 1 aliphatic heterocycles. The number of nitrogens with zero attached hydrogens (tertiary/aromatic N) is 4. The average Bonchev–Trinajstić information content (AvgIpc) is 3.52. The van der Waals surface area contributed by atoms with Gasteiger partial charge in [0.2, 0.25) is 0 Å². The molecule has 0 radical (unpaired) electrons. The summed E-state index contributed by atoms with van der Waals surface area (Å²) in [5, 5.41) is 7.94. The number of nitrogens with one attached hydrogen (secondary N) is 1. The molecule has 196 valence electrons. The summed E-state index contributed by atoms with van der Waals surface area (Å²) in [5.74, 6) is 1.24. The number of ether oxygens (including phenoxy) is 1. The van der Waals surface area contributed by atoms with Crippen molar-refractivity contribution in [3.8, 4) is 17.3 Å². The Morgan fingerprint density at radius 1 is 1.03 bits per heavy atom. The number of rotatable bonds is 5. The third kappa shape index (κ3) is 4.54. The molecule has 3 heterocycles. The van der Waals surface area contributed by atoms with E-state index in [0.717, 1.165) is 39.8 Å². The molecule has 0 fully saturated rings. The third-order valence-electron chi connectivity index (χ3n) is 7.09. The summed E-state index contributed by atoms with van der Waals surface area (Å²) in [6.07, 6.45) is 1.97.